The zero-order valence-corrected chi connectivity index (χ0v) is 9.63. The van der Waals surface area contributed by atoms with Gasteiger partial charge in [-0.25, -0.2) is 4.39 Å². The fourth-order valence-electron chi connectivity index (χ4n) is 2.24. The summed E-state index contributed by atoms with van der Waals surface area (Å²) in [7, 11) is 0. The number of nitrogens with zero attached hydrogens (tertiary/aromatic N) is 2. The largest absolute Gasteiger partial charge is 0.312 e. The van der Waals surface area contributed by atoms with Crippen molar-refractivity contribution in [1.29, 1.82) is 5.26 Å². The molecule has 90 valence electrons. The summed E-state index contributed by atoms with van der Waals surface area (Å²) in [5, 5.41) is 19.9. The summed E-state index contributed by atoms with van der Waals surface area (Å²) in [6.45, 7) is 1.67. The van der Waals surface area contributed by atoms with Crippen molar-refractivity contribution in [3.63, 3.8) is 0 Å². The molecule has 3 rings (SSSR count). The highest BCUT2D eigenvalue weighted by atomic mass is 19.1. The number of rotatable bonds is 1. The lowest BCUT2D eigenvalue weighted by Gasteiger charge is -2.12. The van der Waals surface area contributed by atoms with Crippen LogP contribution in [0.15, 0.2) is 18.2 Å². The molecule has 0 atom stereocenters. The summed E-state index contributed by atoms with van der Waals surface area (Å²) >= 11 is 0. The third-order valence-corrected chi connectivity index (χ3v) is 3.09. The van der Waals surface area contributed by atoms with E-state index in [-0.39, 0.29) is 5.56 Å². The normalized spacial score (nSPS) is 15.4. The summed E-state index contributed by atoms with van der Waals surface area (Å²) in [6.07, 6.45) is 3.03. The SMILES string of the molecule is N#Cc1cc(F)cc2c(C3=CCCNC3)n[nH]c12. The van der Waals surface area contributed by atoms with Crippen LogP contribution < -0.4 is 5.32 Å². The first-order valence-corrected chi connectivity index (χ1v) is 5.77. The molecule has 0 radical (unpaired) electrons. The number of halogens is 1. The molecule has 0 fully saturated rings. The van der Waals surface area contributed by atoms with Gasteiger partial charge in [0.05, 0.1) is 16.8 Å². The van der Waals surface area contributed by atoms with E-state index in [0.29, 0.717) is 10.9 Å². The van der Waals surface area contributed by atoms with Crippen molar-refractivity contribution in [2.24, 2.45) is 0 Å². The van der Waals surface area contributed by atoms with E-state index in [2.05, 4.69) is 21.6 Å². The van der Waals surface area contributed by atoms with Gasteiger partial charge < -0.3 is 5.32 Å². The van der Waals surface area contributed by atoms with Crippen LogP contribution in [0.5, 0.6) is 0 Å². The molecule has 2 heterocycles. The minimum Gasteiger partial charge on any atom is -0.312 e. The van der Waals surface area contributed by atoms with Crippen LogP contribution in [0, 0.1) is 17.1 Å². The maximum absolute atomic E-state index is 13.5. The molecule has 0 saturated heterocycles. The van der Waals surface area contributed by atoms with E-state index in [0.717, 1.165) is 30.8 Å². The molecule has 1 aromatic heterocycles. The second kappa shape index (κ2) is 4.24. The van der Waals surface area contributed by atoms with Gasteiger partial charge in [0.1, 0.15) is 11.9 Å². The molecule has 1 aromatic carbocycles. The molecule has 0 saturated carbocycles. The highest BCUT2D eigenvalue weighted by molar-refractivity contribution is 5.93. The van der Waals surface area contributed by atoms with E-state index >= 15 is 0 Å². The molecule has 1 aliphatic rings. The Morgan fingerprint density at radius 3 is 3.00 bits per heavy atom. The predicted molar refractivity (Wildman–Crippen MR) is 66.2 cm³/mol. The highest BCUT2D eigenvalue weighted by Gasteiger charge is 2.15. The Balaban J connectivity index is 2.23. The maximum Gasteiger partial charge on any atom is 0.125 e. The Bertz CT molecular complexity index is 678. The lowest BCUT2D eigenvalue weighted by atomic mass is 10.0. The Hall–Kier alpha value is -2.19. The van der Waals surface area contributed by atoms with Crippen molar-refractivity contribution in [1.82, 2.24) is 15.5 Å². The smallest absolute Gasteiger partial charge is 0.125 e. The van der Waals surface area contributed by atoms with E-state index in [1.807, 2.05) is 6.07 Å². The average molecular weight is 242 g/mol. The van der Waals surface area contributed by atoms with E-state index in [1.165, 1.54) is 12.1 Å². The topological polar surface area (TPSA) is 64.5 Å². The molecule has 2 aromatic rings. The third kappa shape index (κ3) is 1.67. The van der Waals surface area contributed by atoms with Gasteiger partial charge in [-0.1, -0.05) is 6.08 Å². The molecule has 18 heavy (non-hydrogen) atoms. The Kier molecular flexibility index (Phi) is 2.58. The molecule has 5 heteroatoms. The fraction of sp³-hybridized carbons (Fsp3) is 0.231. The zero-order chi connectivity index (χ0) is 12.5. The van der Waals surface area contributed by atoms with Crippen LogP contribution in [0.2, 0.25) is 0 Å². The van der Waals surface area contributed by atoms with Crippen LogP contribution in [-0.4, -0.2) is 23.3 Å². The number of nitriles is 1. The number of H-pyrrole nitrogens is 1. The first-order valence-electron chi connectivity index (χ1n) is 5.77. The Morgan fingerprint density at radius 1 is 1.39 bits per heavy atom. The number of fused-ring (bicyclic) bond motifs is 1. The zero-order valence-electron chi connectivity index (χ0n) is 9.63. The molecule has 1 aliphatic heterocycles. The summed E-state index contributed by atoms with van der Waals surface area (Å²) in [5.74, 6) is -0.411. The lowest BCUT2D eigenvalue weighted by molar-refractivity contribution is 0.629. The molecule has 0 bridgehead atoms. The summed E-state index contributed by atoms with van der Waals surface area (Å²) in [5.41, 5.74) is 2.66. The minimum atomic E-state index is -0.411. The third-order valence-electron chi connectivity index (χ3n) is 3.09. The van der Waals surface area contributed by atoms with Gasteiger partial charge in [0.2, 0.25) is 0 Å². The van der Waals surface area contributed by atoms with Gasteiger partial charge >= 0.3 is 0 Å². The molecule has 2 N–H and O–H groups in total. The summed E-state index contributed by atoms with van der Waals surface area (Å²) in [4.78, 5) is 0. The predicted octanol–water partition coefficient (Wildman–Crippen LogP) is 1.95. The summed E-state index contributed by atoms with van der Waals surface area (Å²) in [6, 6.07) is 4.62. The first-order chi connectivity index (χ1) is 8.79. The van der Waals surface area contributed by atoms with E-state index in [1.54, 1.807) is 0 Å². The van der Waals surface area contributed by atoms with Crippen LogP contribution >= 0.6 is 0 Å². The molecule has 0 unspecified atom stereocenters. The number of nitrogens with one attached hydrogen (secondary N) is 2. The van der Waals surface area contributed by atoms with Crippen molar-refractivity contribution in [3.05, 3.63) is 35.3 Å². The molecule has 0 amide bonds. The van der Waals surface area contributed by atoms with Crippen molar-refractivity contribution in [3.8, 4) is 6.07 Å². The van der Waals surface area contributed by atoms with Gasteiger partial charge in [0.15, 0.2) is 0 Å². The Labute approximate surface area is 103 Å². The molecule has 0 aliphatic carbocycles. The monoisotopic (exact) mass is 242 g/mol. The van der Waals surface area contributed by atoms with E-state index < -0.39 is 5.82 Å². The summed E-state index contributed by atoms with van der Waals surface area (Å²) < 4.78 is 13.5. The van der Waals surface area contributed by atoms with Crippen LogP contribution in [-0.2, 0) is 0 Å². The Morgan fingerprint density at radius 2 is 2.28 bits per heavy atom. The molecule has 4 nitrogen and oxygen atoms in total. The van der Waals surface area contributed by atoms with Crippen molar-refractivity contribution < 1.29 is 4.39 Å². The molecular formula is C13H11FN4. The van der Waals surface area contributed by atoms with Gasteiger partial charge in [-0.15, -0.1) is 0 Å². The first kappa shape index (κ1) is 10.9. The quantitative estimate of drug-likeness (QED) is 0.803. The van der Waals surface area contributed by atoms with Gasteiger partial charge in [0, 0.05) is 11.9 Å². The number of hydrogen-bond donors (Lipinski definition) is 2. The maximum atomic E-state index is 13.5. The van der Waals surface area contributed by atoms with Gasteiger partial charge in [0.25, 0.3) is 0 Å². The van der Waals surface area contributed by atoms with Crippen molar-refractivity contribution in [2.45, 2.75) is 6.42 Å². The van der Waals surface area contributed by atoms with E-state index in [4.69, 9.17) is 5.26 Å². The molecular weight excluding hydrogens is 231 g/mol. The standard InChI is InChI=1S/C13H11FN4/c14-10-4-9(6-15)13-11(5-10)12(17-18-13)8-2-1-3-16-7-8/h2,4-5,16H,1,3,7H2,(H,17,18). The second-order valence-electron chi connectivity index (χ2n) is 4.25. The van der Waals surface area contributed by atoms with Gasteiger partial charge in [-0.05, 0) is 30.7 Å². The van der Waals surface area contributed by atoms with Crippen LogP contribution in [0.4, 0.5) is 4.39 Å². The van der Waals surface area contributed by atoms with Gasteiger partial charge in [-0.3, -0.25) is 5.10 Å². The number of aromatic nitrogens is 2. The lowest BCUT2D eigenvalue weighted by Crippen LogP contribution is -2.21. The van der Waals surface area contributed by atoms with Crippen LogP contribution in [0.3, 0.4) is 0 Å². The van der Waals surface area contributed by atoms with Crippen LogP contribution in [0.1, 0.15) is 17.7 Å². The van der Waals surface area contributed by atoms with Crippen LogP contribution in [0.25, 0.3) is 16.5 Å². The highest BCUT2D eigenvalue weighted by Crippen LogP contribution is 2.26. The van der Waals surface area contributed by atoms with E-state index in [9.17, 15) is 4.39 Å². The minimum absolute atomic E-state index is 0.285. The number of benzene rings is 1. The van der Waals surface area contributed by atoms with Gasteiger partial charge in [-0.2, -0.15) is 10.4 Å². The number of hydrogen-bond acceptors (Lipinski definition) is 3. The molecule has 0 spiro atoms. The number of aromatic amines is 1. The van der Waals surface area contributed by atoms with Crippen molar-refractivity contribution in [2.75, 3.05) is 13.1 Å². The average Bonchev–Trinajstić information content (AvgIpc) is 2.82. The fourth-order valence-corrected chi connectivity index (χ4v) is 2.24. The van der Waals surface area contributed by atoms with Crippen molar-refractivity contribution >= 4 is 16.5 Å². The second-order valence-corrected chi connectivity index (χ2v) is 4.25.